The molecular weight excluding hydrogens is 336 g/mol. The van der Waals surface area contributed by atoms with Crippen LogP contribution >= 0.6 is 11.6 Å². The Bertz CT molecular complexity index is 711. The Balaban J connectivity index is 1.58. The van der Waals surface area contributed by atoms with Crippen LogP contribution in [0.2, 0.25) is 0 Å². The molecule has 0 aromatic heterocycles. The minimum Gasteiger partial charge on any atom is -0.463 e. The monoisotopic (exact) mass is 358 g/mol. The average Bonchev–Trinajstić information content (AvgIpc) is 3.26. The smallest absolute Gasteiger partial charge is 0.334 e. The van der Waals surface area contributed by atoms with Crippen LogP contribution in [0.3, 0.4) is 0 Å². The molecule has 0 aliphatic heterocycles. The van der Waals surface area contributed by atoms with E-state index in [9.17, 15) is 4.79 Å². The van der Waals surface area contributed by atoms with Gasteiger partial charge in [-0.2, -0.15) is 0 Å². The third-order valence-electron chi connectivity index (χ3n) is 5.96. The summed E-state index contributed by atoms with van der Waals surface area (Å²) in [5.74, 6) is 0.718. The maximum Gasteiger partial charge on any atom is 0.334 e. The first-order valence-corrected chi connectivity index (χ1v) is 9.44. The van der Waals surface area contributed by atoms with E-state index in [0.29, 0.717) is 31.7 Å². The van der Waals surface area contributed by atoms with Crippen molar-refractivity contribution in [1.82, 2.24) is 0 Å². The predicted molar refractivity (Wildman–Crippen MR) is 97.1 cm³/mol. The summed E-state index contributed by atoms with van der Waals surface area (Å²) in [6, 6.07) is 10.1. The van der Waals surface area contributed by atoms with Crippen LogP contribution in [0.25, 0.3) is 0 Å². The summed E-state index contributed by atoms with van der Waals surface area (Å²) >= 11 is 6.88. The Hall–Kier alpha value is -1.58. The maximum atomic E-state index is 12.6. The molecule has 4 heteroatoms. The summed E-state index contributed by atoms with van der Waals surface area (Å²) in [5.41, 5.74) is 1.42. The van der Waals surface area contributed by atoms with Crippen molar-refractivity contribution in [3.8, 4) is 0 Å². The van der Waals surface area contributed by atoms with Crippen molar-refractivity contribution >= 4 is 17.6 Å². The van der Waals surface area contributed by atoms with E-state index in [2.05, 4.69) is 18.2 Å². The Morgan fingerprint density at radius 2 is 2.08 bits per heavy atom. The molecule has 0 radical (unpaired) electrons. The van der Waals surface area contributed by atoms with Crippen LogP contribution in [0.4, 0.5) is 0 Å². The van der Waals surface area contributed by atoms with E-state index in [4.69, 9.17) is 21.1 Å². The zero-order chi connectivity index (χ0) is 17.4. The van der Waals surface area contributed by atoms with E-state index in [0.717, 1.165) is 17.6 Å². The summed E-state index contributed by atoms with van der Waals surface area (Å²) in [4.78, 5) is 12.6. The number of carbonyl (C=O) groups is 1. The number of carbonyl (C=O) groups excluding carboxylic acids is 1. The lowest BCUT2D eigenvalue weighted by Gasteiger charge is -2.37. The first-order valence-electron chi connectivity index (χ1n) is 9.00. The number of rotatable bonds is 6. The van der Waals surface area contributed by atoms with Gasteiger partial charge in [0.05, 0.1) is 25.2 Å². The van der Waals surface area contributed by atoms with Gasteiger partial charge in [0.1, 0.15) is 0 Å². The van der Waals surface area contributed by atoms with Crippen LogP contribution in [0.5, 0.6) is 0 Å². The summed E-state index contributed by atoms with van der Waals surface area (Å²) in [5, 5.41) is -0.109. The molecule has 2 bridgehead atoms. The zero-order valence-electron chi connectivity index (χ0n) is 14.4. The third kappa shape index (κ3) is 2.56. The van der Waals surface area contributed by atoms with Crippen LogP contribution < -0.4 is 0 Å². The number of halogens is 1. The lowest BCUT2D eigenvalue weighted by atomic mass is 9.70. The molecule has 132 valence electrons. The van der Waals surface area contributed by atoms with Gasteiger partial charge in [-0.1, -0.05) is 48.6 Å². The van der Waals surface area contributed by atoms with E-state index in [-0.39, 0.29) is 17.3 Å². The zero-order valence-corrected chi connectivity index (χ0v) is 15.1. The highest BCUT2D eigenvalue weighted by molar-refractivity contribution is 6.23. The van der Waals surface area contributed by atoms with Crippen LogP contribution in [-0.4, -0.2) is 24.6 Å². The highest BCUT2D eigenvalue weighted by atomic mass is 35.5. The molecule has 0 unspecified atom stereocenters. The highest BCUT2D eigenvalue weighted by Gasteiger charge is 2.66. The molecule has 3 nitrogen and oxygen atoms in total. The summed E-state index contributed by atoms with van der Waals surface area (Å²) in [6.45, 7) is 3.20. The molecule has 1 saturated carbocycles. The first kappa shape index (κ1) is 16.9. The lowest BCUT2D eigenvalue weighted by Crippen LogP contribution is -2.41. The summed E-state index contributed by atoms with van der Waals surface area (Å²) in [7, 11) is 0. The largest absolute Gasteiger partial charge is 0.463 e. The van der Waals surface area contributed by atoms with Crippen LogP contribution in [0.15, 0.2) is 54.1 Å². The second kappa shape index (κ2) is 6.62. The Kier molecular flexibility index (Phi) is 4.47. The van der Waals surface area contributed by atoms with E-state index < -0.39 is 5.41 Å². The second-order valence-corrected chi connectivity index (χ2v) is 7.62. The molecule has 5 atom stereocenters. The minimum absolute atomic E-state index is 0.109. The number of alkyl halides is 1. The fourth-order valence-corrected chi connectivity index (χ4v) is 5.48. The van der Waals surface area contributed by atoms with E-state index >= 15 is 0 Å². The summed E-state index contributed by atoms with van der Waals surface area (Å²) in [6.07, 6.45) is 7.50. The van der Waals surface area contributed by atoms with Gasteiger partial charge in [-0.25, -0.2) is 4.79 Å². The van der Waals surface area contributed by atoms with Crippen LogP contribution in [0.1, 0.15) is 18.9 Å². The topological polar surface area (TPSA) is 35.5 Å². The number of hydrogen-bond donors (Lipinski definition) is 0. The second-order valence-electron chi connectivity index (χ2n) is 7.15. The average molecular weight is 359 g/mol. The standard InChI is InChI=1S/C21H23ClO3/c1-2-25-20(23)18-11-16-15-9-6-10-17(15)21(18,19(16)22)13-24-12-14-7-4-3-5-8-14/h3-9,11,15-17,19H,2,10,12-13H2,1H3/t15-,16+,17-,19+,21+/m1/s1. The van der Waals surface area contributed by atoms with Gasteiger partial charge in [-0.15, -0.1) is 11.6 Å². The number of allylic oxidation sites excluding steroid dienone is 3. The van der Waals surface area contributed by atoms with Gasteiger partial charge in [0.15, 0.2) is 0 Å². The van der Waals surface area contributed by atoms with Gasteiger partial charge in [0.25, 0.3) is 0 Å². The molecule has 1 aromatic rings. The molecule has 0 saturated heterocycles. The van der Waals surface area contributed by atoms with Gasteiger partial charge in [-0.05, 0) is 30.7 Å². The number of benzene rings is 1. The highest BCUT2D eigenvalue weighted by Crippen LogP contribution is 2.65. The molecule has 3 aliphatic rings. The number of fused-ring (bicyclic) bond motifs is 5. The molecular formula is C21H23ClO3. The predicted octanol–water partition coefficient (Wildman–Crippen LogP) is 4.12. The van der Waals surface area contributed by atoms with Crippen LogP contribution in [0, 0.1) is 23.2 Å². The van der Waals surface area contributed by atoms with Gasteiger partial charge in [0.2, 0.25) is 0 Å². The molecule has 1 fully saturated rings. The molecule has 3 aliphatic carbocycles. The fraction of sp³-hybridized carbons (Fsp3) is 0.476. The van der Waals surface area contributed by atoms with Gasteiger partial charge >= 0.3 is 5.97 Å². The van der Waals surface area contributed by atoms with Crippen molar-refractivity contribution in [2.45, 2.75) is 25.3 Å². The molecule has 0 spiro atoms. The number of hydrogen-bond acceptors (Lipinski definition) is 3. The van der Waals surface area contributed by atoms with Gasteiger partial charge in [0, 0.05) is 16.9 Å². The van der Waals surface area contributed by atoms with Crippen molar-refractivity contribution in [3.05, 3.63) is 59.7 Å². The van der Waals surface area contributed by atoms with E-state index in [1.54, 1.807) is 0 Å². The molecule has 4 rings (SSSR count). The lowest BCUT2D eigenvalue weighted by molar-refractivity contribution is -0.141. The van der Waals surface area contributed by atoms with E-state index in [1.807, 2.05) is 37.3 Å². The number of ether oxygens (including phenoxy) is 2. The third-order valence-corrected chi connectivity index (χ3v) is 6.64. The molecule has 0 heterocycles. The first-order chi connectivity index (χ1) is 12.2. The summed E-state index contributed by atoms with van der Waals surface area (Å²) < 4.78 is 11.4. The SMILES string of the molecule is CCOC(=O)C1=C[C@H]2[C@H]3C=CC[C@H]3[C@]1(COCc1ccccc1)[C@H]2Cl. The van der Waals surface area contributed by atoms with Crippen molar-refractivity contribution in [2.24, 2.45) is 23.2 Å². The Morgan fingerprint density at radius 3 is 2.84 bits per heavy atom. The molecule has 0 amide bonds. The van der Waals surface area contributed by atoms with Crippen LogP contribution in [-0.2, 0) is 20.9 Å². The molecule has 1 aromatic carbocycles. The fourth-order valence-electron chi connectivity index (χ4n) is 4.90. The van der Waals surface area contributed by atoms with Crippen molar-refractivity contribution in [3.63, 3.8) is 0 Å². The number of esters is 1. The molecule has 0 N–H and O–H groups in total. The van der Waals surface area contributed by atoms with Crippen molar-refractivity contribution < 1.29 is 14.3 Å². The minimum atomic E-state index is -0.443. The normalized spacial score (nSPS) is 34.9. The van der Waals surface area contributed by atoms with Gasteiger partial charge in [-0.3, -0.25) is 0 Å². The molecule has 25 heavy (non-hydrogen) atoms. The Labute approximate surface area is 153 Å². The van der Waals surface area contributed by atoms with E-state index in [1.165, 1.54) is 0 Å². The van der Waals surface area contributed by atoms with Crippen molar-refractivity contribution in [1.29, 1.82) is 0 Å². The van der Waals surface area contributed by atoms with Crippen molar-refractivity contribution in [2.75, 3.05) is 13.2 Å². The maximum absolute atomic E-state index is 12.6. The quantitative estimate of drug-likeness (QED) is 0.436. The Morgan fingerprint density at radius 1 is 1.28 bits per heavy atom. The van der Waals surface area contributed by atoms with Gasteiger partial charge < -0.3 is 9.47 Å².